The van der Waals surface area contributed by atoms with Gasteiger partial charge in [-0.3, -0.25) is 0 Å². The SMILES string of the molecule is CN1NC(C2CCC(NCC3CC3c3ccc(F)cc3)CC2)c2c3ccnc-3ncn21. The third-order valence-corrected chi connectivity index (χ3v) is 7.57. The van der Waals surface area contributed by atoms with Gasteiger partial charge in [0.1, 0.15) is 12.1 Å². The Morgan fingerprint density at radius 2 is 1.90 bits per heavy atom. The van der Waals surface area contributed by atoms with Crippen molar-refractivity contribution < 1.29 is 4.39 Å². The zero-order valence-electron chi connectivity index (χ0n) is 17.8. The summed E-state index contributed by atoms with van der Waals surface area (Å²) < 4.78 is 15.3. The fourth-order valence-corrected chi connectivity index (χ4v) is 5.69. The Kier molecular flexibility index (Phi) is 4.69. The van der Waals surface area contributed by atoms with Gasteiger partial charge in [0.15, 0.2) is 5.82 Å². The van der Waals surface area contributed by atoms with E-state index < -0.39 is 0 Å². The molecular weight excluding hydrogens is 391 g/mol. The zero-order chi connectivity index (χ0) is 20.9. The number of nitrogens with one attached hydrogen (secondary N) is 2. The summed E-state index contributed by atoms with van der Waals surface area (Å²) in [7, 11) is 2.05. The standard InChI is InChI=1S/C24H29FN6/c1-30-29-22(23-20-10-11-26-24(20)28-14-31(23)30)16-4-8-19(9-5-16)27-13-17-12-21(17)15-2-6-18(25)7-3-15/h2-3,6-7,10-11,14,16-17,19,21-22,27,29H,4-5,8-9,12-13H2,1H3. The molecule has 5 aliphatic rings. The highest BCUT2D eigenvalue weighted by atomic mass is 19.1. The third-order valence-electron chi connectivity index (χ3n) is 7.57. The van der Waals surface area contributed by atoms with E-state index in [0.717, 1.165) is 17.9 Å². The lowest BCUT2D eigenvalue weighted by molar-refractivity contribution is 0.241. The average Bonchev–Trinajstić information content (AvgIpc) is 3.25. The van der Waals surface area contributed by atoms with Crippen molar-refractivity contribution in [1.82, 2.24) is 25.4 Å². The Morgan fingerprint density at radius 1 is 1.10 bits per heavy atom. The van der Waals surface area contributed by atoms with E-state index in [-0.39, 0.29) is 5.82 Å². The molecule has 162 valence electrons. The third kappa shape index (κ3) is 3.49. The number of hydrazine groups is 1. The molecule has 3 heterocycles. The fourth-order valence-electron chi connectivity index (χ4n) is 5.69. The second kappa shape index (κ2) is 7.57. The molecule has 0 bridgehead atoms. The van der Waals surface area contributed by atoms with Crippen molar-refractivity contribution in [3.63, 3.8) is 0 Å². The first kappa shape index (κ1) is 19.2. The minimum atomic E-state index is -0.147. The number of hydrogen-bond donors (Lipinski definition) is 2. The van der Waals surface area contributed by atoms with Crippen molar-refractivity contribution in [1.29, 1.82) is 0 Å². The summed E-state index contributed by atoms with van der Waals surface area (Å²) in [4.78, 5) is 8.87. The summed E-state index contributed by atoms with van der Waals surface area (Å²) in [5.41, 5.74) is 7.39. The van der Waals surface area contributed by atoms with Crippen LogP contribution in [0.2, 0.25) is 0 Å². The van der Waals surface area contributed by atoms with E-state index in [2.05, 4.69) is 31.5 Å². The molecule has 31 heavy (non-hydrogen) atoms. The van der Waals surface area contributed by atoms with Crippen LogP contribution in [0, 0.1) is 17.7 Å². The van der Waals surface area contributed by atoms with Gasteiger partial charge in [0, 0.05) is 24.8 Å². The number of fused-ring (bicyclic) bond motifs is 3. The molecule has 1 aromatic rings. The van der Waals surface area contributed by atoms with Gasteiger partial charge in [-0.15, -0.1) is 0 Å². The number of benzene rings is 1. The van der Waals surface area contributed by atoms with Crippen LogP contribution < -0.4 is 15.9 Å². The normalized spacial score (nSPS) is 30.0. The summed E-state index contributed by atoms with van der Waals surface area (Å²) in [5.74, 6) is 2.60. The van der Waals surface area contributed by atoms with Crippen LogP contribution in [0.25, 0.3) is 11.4 Å². The number of nitrogens with zero attached hydrogens (tertiary/aromatic N) is 4. The van der Waals surface area contributed by atoms with Crippen molar-refractivity contribution in [3.8, 4) is 11.4 Å². The summed E-state index contributed by atoms with van der Waals surface area (Å²) in [6.45, 7) is 1.08. The molecule has 0 aromatic heterocycles. The molecule has 2 N–H and O–H groups in total. The van der Waals surface area contributed by atoms with Crippen LogP contribution in [0.3, 0.4) is 0 Å². The predicted octanol–water partition coefficient (Wildman–Crippen LogP) is 3.60. The Morgan fingerprint density at radius 3 is 2.71 bits per heavy atom. The number of hydrogen-bond acceptors (Lipinski definition) is 5. The molecule has 0 amide bonds. The fraction of sp³-hybridized carbons (Fsp3) is 0.500. The highest BCUT2D eigenvalue weighted by Crippen LogP contribution is 2.47. The molecule has 0 radical (unpaired) electrons. The van der Waals surface area contributed by atoms with Crippen molar-refractivity contribution in [2.45, 2.75) is 50.1 Å². The van der Waals surface area contributed by atoms with Gasteiger partial charge in [0.05, 0.1) is 11.7 Å². The van der Waals surface area contributed by atoms with E-state index in [0.29, 0.717) is 29.8 Å². The van der Waals surface area contributed by atoms with Crippen LogP contribution in [0.15, 0.2) is 42.9 Å². The Balaban J connectivity index is 1.04. The van der Waals surface area contributed by atoms with Crippen molar-refractivity contribution in [2.24, 2.45) is 11.8 Å². The van der Waals surface area contributed by atoms with Gasteiger partial charge in [0.2, 0.25) is 0 Å². The first-order chi connectivity index (χ1) is 15.2. The second-order valence-corrected chi connectivity index (χ2v) is 9.46. The molecule has 7 heteroatoms. The van der Waals surface area contributed by atoms with E-state index in [9.17, 15) is 4.39 Å². The second-order valence-electron chi connectivity index (χ2n) is 9.46. The van der Waals surface area contributed by atoms with Crippen LogP contribution >= 0.6 is 0 Å². The van der Waals surface area contributed by atoms with E-state index in [1.807, 2.05) is 36.8 Å². The summed E-state index contributed by atoms with van der Waals surface area (Å²) in [6, 6.07) is 10.1. The molecule has 3 unspecified atom stereocenters. The maximum Gasteiger partial charge on any atom is 0.162 e. The monoisotopic (exact) mass is 420 g/mol. The van der Waals surface area contributed by atoms with Crippen LogP contribution in [-0.2, 0) is 0 Å². The van der Waals surface area contributed by atoms with Crippen LogP contribution in [0.5, 0.6) is 0 Å². The summed E-state index contributed by atoms with van der Waals surface area (Å²) >= 11 is 0. The lowest BCUT2D eigenvalue weighted by Crippen LogP contribution is -2.40. The van der Waals surface area contributed by atoms with Crippen LogP contribution in [-0.4, -0.2) is 34.3 Å². The summed E-state index contributed by atoms with van der Waals surface area (Å²) in [6.07, 6.45) is 9.81. The average molecular weight is 421 g/mol. The molecule has 2 saturated carbocycles. The van der Waals surface area contributed by atoms with Gasteiger partial charge in [-0.25, -0.2) is 29.6 Å². The van der Waals surface area contributed by atoms with Crippen LogP contribution in [0.1, 0.15) is 55.3 Å². The Bertz CT molecular complexity index is 1020. The highest BCUT2D eigenvalue weighted by molar-refractivity contribution is 5.61. The van der Waals surface area contributed by atoms with Gasteiger partial charge in [-0.1, -0.05) is 12.1 Å². The molecule has 3 aliphatic heterocycles. The molecule has 0 spiro atoms. The van der Waals surface area contributed by atoms with Gasteiger partial charge >= 0.3 is 0 Å². The smallest absolute Gasteiger partial charge is 0.162 e. The lowest BCUT2D eigenvalue weighted by atomic mass is 9.80. The molecule has 0 saturated heterocycles. The number of aromatic nitrogens is 3. The van der Waals surface area contributed by atoms with Gasteiger partial charge in [0.25, 0.3) is 0 Å². The van der Waals surface area contributed by atoms with Gasteiger partial charge < -0.3 is 5.32 Å². The van der Waals surface area contributed by atoms with Crippen molar-refractivity contribution >= 4 is 0 Å². The zero-order valence-corrected chi connectivity index (χ0v) is 17.8. The van der Waals surface area contributed by atoms with Gasteiger partial charge in [-0.05, 0) is 80.2 Å². The predicted molar refractivity (Wildman–Crippen MR) is 118 cm³/mol. The molecular formula is C24H29FN6. The Labute approximate surface area is 182 Å². The molecule has 6 rings (SSSR count). The first-order valence-electron chi connectivity index (χ1n) is 11.5. The molecule has 1 aromatic carbocycles. The number of rotatable bonds is 5. The van der Waals surface area contributed by atoms with E-state index in [1.54, 1.807) is 12.1 Å². The molecule has 3 atom stereocenters. The van der Waals surface area contributed by atoms with Crippen LogP contribution in [0.4, 0.5) is 4.39 Å². The highest BCUT2D eigenvalue weighted by Gasteiger charge is 2.40. The van der Waals surface area contributed by atoms with E-state index >= 15 is 0 Å². The van der Waals surface area contributed by atoms with Crippen molar-refractivity contribution in [3.05, 3.63) is 59.9 Å². The topological polar surface area (TPSA) is 58.0 Å². The first-order valence-corrected chi connectivity index (χ1v) is 11.5. The lowest BCUT2D eigenvalue weighted by Gasteiger charge is -2.33. The molecule has 6 nitrogen and oxygen atoms in total. The number of halogens is 1. The van der Waals surface area contributed by atoms with Crippen molar-refractivity contribution in [2.75, 3.05) is 18.7 Å². The van der Waals surface area contributed by atoms with E-state index in [4.69, 9.17) is 0 Å². The Hall–Kier alpha value is -2.51. The molecule has 2 aliphatic carbocycles. The minimum Gasteiger partial charge on any atom is -0.314 e. The maximum absolute atomic E-state index is 13.1. The minimum absolute atomic E-state index is 0.147. The van der Waals surface area contributed by atoms with E-state index in [1.165, 1.54) is 43.4 Å². The quantitative estimate of drug-likeness (QED) is 0.661. The summed E-state index contributed by atoms with van der Waals surface area (Å²) in [5, 5.41) is 5.88. The van der Waals surface area contributed by atoms with Gasteiger partial charge in [-0.2, -0.15) is 0 Å². The largest absolute Gasteiger partial charge is 0.314 e. The molecule has 2 fully saturated rings. The maximum atomic E-state index is 13.1.